The molecule has 0 bridgehead atoms. The Balaban J connectivity index is 2.11. The maximum Gasteiger partial charge on any atom is 0.157 e. The van der Waals surface area contributed by atoms with Crippen molar-refractivity contribution in [1.82, 2.24) is 15.0 Å². The van der Waals surface area contributed by atoms with Crippen LogP contribution >= 0.6 is 12.2 Å². The van der Waals surface area contributed by atoms with E-state index in [1.807, 2.05) is 25.1 Å². The van der Waals surface area contributed by atoms with Crippen molar-refractivity contribution in [3.05, 3.63) is 39.8 Å². The van der Waals surface area contributed by atoms with Crippen molar-refractivity contribution in [2.45, 2.75) is 39.0 Å². The molecule has 2 aromatic rings. The first kappa shape index (κ1) is 12.5. The molecule has 0 radical (unpaired) electrons. The number of rotatable bonds is 1. The fraction of sp³-hybridized carbons (Fsp3) is 0.400. The molecule has 98 valence electrons. The monoisotopic (exact) mass is 271 g/mol. The van der Waals surface area contributed by atoms with Gasteiger partial charge in [0.15, 0.2) is 5.82 Å². The maximum absolute atomic E-state index is 5.46. The lowest BCUT2D eigenvalue weighted by Gasteiger charge is -2.09. The van der Waals surface area contributed by atoms with Gasteiger partial charge in [-0.05, 0) is 44.7 Å². The van der Waals surface area contributed by atoms with Crippen molar-refractivity contribution in [2.75, 3.05) is 0 Å². The first-order chi connectivity index (χ1) is 9.24. The van der Waals surface area contributed by atoms with Gasteiger partial charge < -0.3 is 4.98 Å². The first-order valence-electron chi connectivity index (χ1n) is 6.80. The van der Waals surface area contributed by atoms with Crippen LogP contribution in [-0.4, -0.2) is 15.0 Å². The molecule has 0 saturated carbocycles. The normalized spacial score (nSPS) is 14.8. The number of nitrogens with zero attached hydrogens (tertiary/aromatic N) is 2. The lowest BCUT2D eigenvalue weighted by Crippen LogP contribution is -2.03. The molecule has 2 heterocycles. The zero-order chi connectivity index (χ0) is 13.2. The van der Waals surface area contributed by atoms with Crippen molar-refractivity contribution < 1.29 is 0 Å². The van der Waals surface area contributed by atoms with Crippen molar-refractivity contribution in [1.29, 1.82) is 0 Å². The van der Waals surface area contributed by atoms with Crippen LogP contribution in [0.3, 0.4) is 0 Å². The van der Waals surface area contributed by atoms with Crippen LogP contribution in [0.25, 0.3) is 11.5 Å². The van der Waals surface area contributed by atoms with E-state index in [0.717, 1.165) is 34.7 Å². The van der Waals surface area contributed by atoms with Crippen LogP contribution in [0.15, 0.2) is 18.2 Å². The number of hydrogen-bond acceptors (Lipinski definition) is 3. The van der Waals surface area contributed by atoms with Crippen LogP contribution in [0, 0.1) is 11.6 Å². The zero-order valence-electron chi connectivity index (χ0n) is 11.1. The summed E-state index contributed by atoms with van der Waals surface area (Å²) < 4.78 is 0.744. The number of hydrogen-bond donors (Lipinski definition) is 1. The highest BCUT2D eigenvalue weighted by Crippen LogP contribution is 2.22. The van der Waals surface area contributed by atoms with E-state index < -0.39 is 0 Å². The van der Waals surface area contributed by atoms with E-state index in [1.165, 1.54) is 30.5 Å². The number of H-pyrrole nitrogens is 1. The van der Waals surface area contributed by atoms with E-state index in [4.69, 9.17) is 12.2 Å². The Morgan fingerprint density at radius 3 is 2.79 bits per heavy atom. The number of nitrogens with one attached hydrogen (secondary N) is 1. The molecule has 0 fully saturated rings. The molecule has 3 nitrogen and oxygen atoms in total. The predicted octanol–water partition coefficient (Wildman–Crippen LogP) is 3.78. The number of aryl methyl sites for hydroxylation is 2. The molecule has 19 heavy (non-hydrogen) atoms. The highest BCUT2D eigenvalue weighted by atomic mass is 32.1. The van der Waals surface area contributed by atoms with E-state index in [1.54, 1.807) is 0 Å². The highest BCUT2D eigenvalue weighted by molar-refractivity contribution is 7.71. The molecule has 0 atom stereocenters. The van der Waals surface area contributed by atoms with E-state index in [0.29, 0.717) is 0 Å². The zero-order valence-corrected chi connectivity index (χ0v) is 11.9. The molecule has 0 unspecified atom stereocenters. The van der Waals surface area contributed by atoms with Crippen LogP contribution in [0.4, 0.5) is 0 Å². The van der Waals surface area contributed by atoms with Gasteiger partial charge >= 0.3 is 0 Å². The molecule has 0 aliphatic heterocycles. The Bertz CT molecular complexity index is 661. The fourth-order valence-corrected chi connectivity index (χ4v) is 2.91. The van der Waals surface area contributed by atoms with Gasteiger partial charge in [-0.3, -0.25) is 0 Å². The minimum Gasteiger partial charge on any atom is -0.342 e. The number of pyridine rings is 1. The molecular weight excluding hydrogens is 254 g/mol. The van der Waals surface area contributed by atoms with Crippen molar-refractivity contribution >= 4 is 12.2 Å². The first-order valence-corrected chi connectivity index (χ1v) is 7.21. The third-order valence-corrected chi connectivity index (χ3v) is 3.93. The molecule has 0 aromatic carbocycles. The number of fused-ring (bicyclic) bond motifs is 1. The van der Waals surface area contributed by atoms with Gasteiger partial charge in [0.05, 0.1) is 0 Å². The molecule has 0 spiro atoms. The van der Waals surface area contributed by atoms with Crippen LogP contribution < -0.4 is 0 Å². The molecule has 0 amide bonds. The number of aromatic amines is 1. The Morgan fingerprint density at radius 2 is 1.95 bits per heavy atom. The third kappa shape index (κ3) is 2.59. The molecule has 1 aliphatic rings. The van der Waals surface area contributed by atoms with Gasteiger partial charge in [-0.1, -0.05) is 24.7 Å². The highest BCUT2D eigenvalue weighted by Gasteiger charge is 2.13. The van der Waals surface area contributed by atoms with Crippen LogP contribution in [-0.2, 0) is 12.8 Å². The molecule has 1 N–H and O–H groups in total. The Kier molecular flexibility index (Phi) is 3.42. The van der Waals surface area contributed by atoms with E-state index in [-0.39, 0.29) is 0 Å². The van der Waals surface area contributed by atoms with Gasteiger partial charge in [-0.15, -0.1) is 0 Å². The van der Waals surface area contributed by atoms with E-state index in [9.17, 15) is 0 Å². The summed E-state index contributed by atoms with van der Waals surface area (Å²) in [4.78, 5) is 12.5. The summed E-state index contributed by atoms with van der Waals surface area (Å²) in [5.41, 5.74) is 4.37. The Labute approximate surface area is 118 Å². The van der Waals surface area contributed by atoms with Gasteiger partial charge in [0.25, 0.3) is 0 Å². The second-order valence-corrected chi connectivity index (χ2v) is 5.46. The average Bonchev–Trinajstić information content (AvgIpc) is 2.64. The molecule has 2 aromatic heterocycles. The van der Waals surface area contributed by atoms with Gasteiger partial charge in [0, 0.05) is 17.0 Å². The minimum atomic E-state index is 0.744. The summed E-state index contributed by atoms with van der Waals surface area (Å²) >= 11 is 5.46. The molecular formula is C15H17N3S. The summed E-state index contributed by atoms with van der Waals surface area (Å²) in [5.74, 6) is 0.800. The van der Waals surface area contributed by atoms with Crippen LogP contribution in [0.2, 0.25) is 0 Å². The van der Waals surface area contributed by atoms with Gasteiger partial charge in [-0.2, -0.15) is 0 Å². The van der Waals surface area contributed by atoms with Gasteiger partial charge in [0.2, 0.25) is 0 Å². The summed E-state index contributed by atoms with van der Waals surface area (Å²) in [6.45, 7) is 1.99. The van der Waals surface area contributed by atoms with Crippen molar-refractivity contribution in [3.8, 4) is 11.5 Å². The smallest absolute Gasteiger partial charge is 0.157 e. The van der Waals surface area contributed by atoms with Crippen molar-refractivity contribution in [3.63, 3.8) is 0 Å². The quantitative estimate of drug-likeness (QED) is 0.634. The largest absolute Gasteiger partial charge is 0.342 e. The average molecular weight is 271 g/mol. The lowest BCUT2D eigenvalue weighted by molar-refractivity contribution is 0.708. The molecule has 1 aliphatic carbocycles. The number of aromatic nitrogens is 3. The van der Waals surface area contributed by atoms with Crippen LogP contribution in [0.5, 0.6) is 0 Å². The maximum atomic E-state index is 5.46. The van der Waals surface area contributed by atoms with Gasteiger partial charge in [-0.25, -0.2) is 9.97 Å². The standard InChI is InChI=1S/C15H17N3S/c1-10-6-5-9-13(16-10)14-17-12-8-4-2-3-7-11(12)15(19)18-14/h5-6,9H,2-4,7-8H2,1H3,(H,17,18,19). The molecule has 3 rings (SSSR count). The summed E-state index contributed by atoms with van der Waals surface area (Å²) in [6.07, 6.45) is 5.84. The second-order valence-electron chi connectivity index (χ2n) is 5.07. The van der Waals surface area contributed by atoms with E-state index >= 15 is 0 Å². The van der Waals surface area contributed by atoms with Crippen molar-refractivity contribution in [2.24, 2.45) is 0 Å². The summed E-state index contributed by atoms with van der Waals surface area (Å²) in [5, 5.41) is 0. The minimum absolute atomic E-state index is 0.744. The summed E-state index contributed by atoms with van der Waals surface area (Å²) in [7, 11) is 0. The Morgan fingerprint density at radius 1 is 1.11 bits per heavy atom. The SMILES string of the molecule is Cc1cccc(-c2nc(=S)c3c([nH]2)CCCCC3)n1. The molecule has 0 saturated heterocycles. The van der Waals surface area contributed by atoms with Gasteiger partial charge in [0.1, 0.15) is 10.3 Å². The molecule has 4 heteroatoms. The third-order valence-electron chi connectivity index (χ3n) is 3.59. The topological polar surface area (TPSA) is 41.6 Å². The Hall–Kier alpha value is -1.55. The van der Waals surface area contributed by atoms with E-state index in [2.05, 4.69) is 15.0 Å². The predicted molar refractivity (Wildman–Crippen MR) is 78.6 cm³/mol. The second kappa shape index (κ2) is 5.21. The lowest BCUT2D eigenvalue weighted by atomic mass is 10.1. The fourth-order valence-electron chi connectivity index (χ4n) is 2.59. The van der Waals surface area contributed by atoms with Crippen LogP contribution in [0.1, 0.15) is 36.2 Å². The summed E-state index contributed by atoms with van der Waals surface area (Å²) in [6, 6.07) is 5.97.